The normalized spacial score (nSPS) is 12.5. The minimum atomic E-state index is -1.16. The van der Waals surface area contributed by atoms with Crippen molar-refractivity contribution in [3.63, 3.8) is 0 Å². The van der Waals surface area contributed by atoms with Crippen LogP contribution in [-0.4, -0.2) is 52.2 Å². The number of hydrogen-bond donors (Lipinski definition) is 0. The van der Waals surface area contributed by atoms with Gasteiger partial charge in [0.1, 0.15) is 35.3 Å². The summed E-state index contributed by atoms with van der Waals surface area (Å²) in [5.74, 6) is 1.51. The first kappa shape index (κ1) is 35.7. The van der Waals surface area contributed by atoms with E-state index in [1.54, 1.807) is 7.11 Å². The molecule has 0 saturated carbocycles. The quantitative estimate of drug-likeness (QED) is 0.0922. The predicted molar refractivity (Wildman–Crippen MR) is 190 cm³/mol. The van der Waals surface area contributed by atoms with Crippen LogP contribution < -0.4 is 9.47 Å². The summed E-state index contributed by atoms with van der Waals surface area (Å²) in [5, 5.41) is 10.7. The van der Waals surface area contributed by atoms with Crippen LogP contribution in [0, 0.1) is 11.3 Å². The third-order valence-corrected chi connectivity index (χ3v) is 9.88. The van der Waals surface area contributed by atoms with Crippen molar-refractivity contribution >= 4 is 28.5 Å². The maximum absolute atomic E-state index is 13.2. The molecule has 0 aliphatic heterocycles. The summed E-state index contributed by atoms with van der Waals surface area (Å²) in [6.07, 6.45) is 1.06. The Balaban J connectivity index is 1.53. The van der Waals surface area contributed by atoms with Crippen molar-refractivity contribution in [2.75, 3.05) is 31.0 Å². The van der Waals surface area contributed by atoms with Crippen molar-refractivity contribution in [1.29, 1.82) is 5.26 Å². The fraction of sp³-hybridized carbons (Fsp3) is 0.342. The average molecular weight is 671 g/mol. The summed E-state index contributed by atoms with van der Waals surface area (Å²) >= 11 is 1.15. The average Bonchev–Trinajstić information content (AvgIpc) is 3.08. The van der Waals surface area contributed by atoms with Crippen LogP contribution in [-0.2, 0) is 25.7 Å². The number of ether oxygens (including phenoxy) is 3. The zero-order valence-electron chi connectivity index (χ0n) is 27.7. The number of benzene rings is 3. The maximum atomic E-state index is 13.2. The number of rotatable bonds is 15. The molecule has 2 unspecified atom stereocenters. The molecule has 7 nitrogen and oxygen atoms in total. The van der Waals surface area contributed by atoms with Crippen LogP contribution in [0.1, 0.15) is 51.7 Å². The van der Waals surface area contributed by atoms with E-state index < -0.39 is 22.9 Å². The Morgan fingerprint density at radius 3 is 2.28 bits per heavy atom. The minimum Gasteiger partial charge on any atom is -0.497 e. The van der Waals surface area contributed by atoms with Crippen molar-refractivity contribution in [3.8, 4) is 40.0 Å². The third kappa shape index (κ3) is 10.4. The Bertz CT molecular complexity index is 1680. The van der Waals surface area contributed by atoms with Crippen molar-refractivity contribution in [2.24, 2.45) is 0 Å². The third-order valence-electron chi connectivity index (χ3n) is 7.45. The van der Waals surface area contributed by atoms with Gasteiger partial charge in [-0.2, -0.15) is 5.26 Å². The molecule has 4 rings (SSSR count). The van der Waals surface area contributed by atoms with Crippen LogP contribution in [0.5, 0.6) is 11.5 Å². The Labute approximate surface area is 285 Å². The molecule has 47 heavy (non-hydrogen) atoms. The van der Waals surface area contributed by atoms with Crippen LogP contribution in [0.15, 0.2) is 90.0 Å². The van der Waals surface area contributed by atoms with E-state index in [-0.39, 0.29) is 23.5 Å². The molecule has 0 radical (unpaired) electrons. The number of nitriles is 1. The number of hydrogen-bond acceptors (Lipinski definition) is 8. The number of methoxy groups -OCH3 is 1. The number of esters is 1. The lowest BCUT2D eigenvalue weighted by molar-refractivity contribution is -0.146. The van der Waals surface area contributed by atoms with Crippen molar-refractivity contribution < 1.29 is 23.2 Å². The number of aromatic nitrogens is 1. The van der Waals surface area contributed by atoms with E-state index in [2.05, 4.69) is 26.8 Å². The molecule has 0 N–H and O–H groups in total. The van der Waals surface area contributed by atoms with Gasteiger partial charge in [0.05, 0.1) is 29.9 Å². The second-order valence-electron chi connectivity index (χ2n) is 12.1. The van der Waals surface area contributed by atoms with Crippen LogP contribution in [0.2, 0.25) is 0 Å². The topological polar surface area (TPSA) is 98.5 Å². The smallest absolute Gasteiger partial charge is 0.316 e. The molecule has 0 aliphatic carbocycles. The summed E-state index contributed by atoms with van der Waals surface area (Å²) in [6.45, 7) is 8.57. The number of pyridine rings is 1. The van der Waals surface area contributed by atoms with E-state index in [1.807, 2.05) is 91.9 Å². The first-order valence-electron chi connectivity index (χ1n) is 15.7. The number of unbranched alkanes of at least 4 members (excludes halogenated alkanes) is 1. The van der Waals surface area contributed by atoms with Gasteiger partial charge in [0.15, 0.2) is 0 Å². The van der Waals surface area contributed by atoms with E-state index in [9.17, 15) is 14.3 Å². The summed E-state index contributed by atoms with van der Waals surface area (Å²) < 4.78 is 30.0. The number of thioether (sulfide) groups is 1. The largest absolute Gasteiger partial charge is 0.497 e. The number of nitrogens with zero attached hydrogens (tertiary/aromatic N) is 2. The molecule has 1 heterocycles. The molecule has 4 aromatic rings. The van der Waals surface area contributed by atoms with Gasteiger partial charge in [-0.05, 0) is 65.4 Å². The Hall–Kier alpha value is -4.13. The molecule has 9 heteroatoms. The molecule has 0 saturated heterocycles. The van der Waals surface area contributed by atoms with E-state index in [0.717, 1.165) is 47.0 Å². The van der Waals surface area contributed by atoms with Crippen LogP contribution in [0.25, 0.3) is 22.4 Å². The van der Waals surface area contributed by atoms with Gasteiger partial charge < -0.3 is 14.2 Å². The van der Waals surface area contributed by atoms with E-state index in [1.165, 1.54) is 5.56 Å². The Kier molecular flexibility index (Phi) is 13.0. The number of carbonyl (C=O) groups is 1. The lowest BCUT2D eigenvalue weighted by atomic mass is 9.87. The molecular formula is C38H42N2O5S2. The molecule has 3 aromatic carbocycles. The standard InChI is InChI=1S/C38H42N2O5S2/c1-6-7-21-47(42)26-32(24-44-31-19-15-29(16-20-31)38(2,3)4)45-36(41)25-46-37-34(23-39)33(27-11-9-8-10-12-27)22-35(40-37)28-13-17-30(43-5)18-14-28/h8-20,22,32H,6-7,21,24-26H2,1-5H3. The van der Waals surface area contributed by atoms with E-state index in [0.29, 0.717) is 27.8 Å². The highest BCUT2D eigenvalue weighted by atomic mass is 32.2. The van der Waals surface area contributed by atoms with Gasteiger partial charge in [-0.25, -0.2) is 4.98 Å². The first-order valence-corrected chi connectivity index (χ1v) is 18.1. The van der Waals surface area contributed by atoms with Crippen LogP contribution in [0.3, 0.4) is 0 Å². The van der Waals surface area contributed by atoms with Gasteiger partial charge in [0, 0.05) is 27.7 Å². The minimum absolute atomic E-state index is 0.0146. The fourth-order valence-corrected chi connectivity index (χ4v) is 6.93. The molecule has 0 fully saturated rings. The van der Waals surface area contributed by atoms with Crippen LogP contribution in [0.4, 0.5) is 0 Å². The van der Waals surface area contributed by atoms with Gasteiger partial charge in [0.2, 0.25) is 0 Å². The second kappa shape index (κ2) is 17.1. The predicted octanol–water partition coefficient (Wildman–Crippen LogP) is 8.23. The van der Waals surface area contributed by atoms with Gasteiger partial charge >= 0.3 is 5.97 Å². The van der Waals surface area contributed by atoms with E-state index >= 15 is 0 Å². The molecular weight excluding hydrogens is 629 g/mol. The maximum Gasteiger partial charge on any atom is 0.316 e. The van der Waals surface area contributed by atoms with E-state index in [4.69, 9.17) is 19.2 Å². The van der Waals surface area contributed by atoms with Crippen molar-refractivity contribution in [3.05, 3.63) is 96.1 Å². The summed E-state index contributed by atoms with van der Waals surface area (Å²) in [4.78, 5) is 18.1. The highest BCUT2D eigenvalue weighted by Crippen LogP contribution is 2.35. The molecule has 1 aromatic heterocycles. The molecule has 0 aliphatic rings. The lowest BCUT2D eigenvalue weighted by Crippen LogP contribution is -2.32. The zero-order valence-corrected chi connectivity index (χ0v) is 29.3. The monoisotopic (exact) mass is 670 g/mol. The summed E-state index contributed by atoms with van der Waals surface area (Å²) in [6, 6.07) is 29.2. The molecule has 0 bridgehead atoms. The van der Waals surface area contributed by atoms with Crippen molar-refractivity contribution in [1.82, 2.24) is 4.98 Å². The Morgan fingerprint density at radius 1 is 0.979 bits per heavy atom. The molecule has 0 amide bonds. The summed E-state index contributed by atoms with van der Waals surface area (Å²) in [7, 11) is 0.447. The summed E-state index contributed by atoms with van der Waals surface area (Å²) in [5.41, 5.74) is 4.68. The van der Waals surface area contributed by atoms with Crippen molar-refractivity contribution in [2.45, 2.75) is 57.1 Å². The van der Waals surface area contributed by atoms with Gasteiger partial charge in [-0.15, -0.1) is 0 Å². The zero-order chi connectivity index (χ0) is 33.8. The van der Waals surface area contributed by atoms with Gasteiger partial charge in [0.25, 0.3) is 0 Å². The molecule has 2 atom stereocenters. The first-order chi connectivity index (χ1) is 22.6. The fourth-order valence-electron chi connectivity index (χ4n) is 4.79. The Morgan fingerprint density at radius 2 is 1.66 bits per heavy atom. The van der Waals surface area contributed by atoms with Gasteiger partial charge in [-0.3, -0.25) is 9.00 Å². The molecule has 246 valence electrons. The number of carbonyl (C=O) groups excluding carboxylic acids is 1. The lowest BCUT2D eigenvalue weighted by Gasteiger charge is -2.21. The second-order valence-corrected chi connectivity index (χ2v) is 14.7. The highest BCUT2D eigenvalue weighted by molar-refractivity contribution is 8.00. The highest BCUT2D eigenvalue weighted by Gasteiger charge is 2.22. The van der Waals surface area contributed by atoms with Crippen LogP contribution >= 0.6 is 11.8 Å². The molecule has 0 spiro atoms. The van der Waals surface area contributed by atoms with Gasteiger partial charge in [-0.1, -0.05) is 88.3 Å². The SMILES string of the molecule is CCCCS(=O)CC(COc1ccc(C(C)(C)C)cc1)OC(=O)CSc1nc(-c2ccc(OC)cc2)cc(-c2ccccc2)c1C#N.